The van der Waals surface area contributed by atoms with Crippen molar-refractivity contribution in [2.24, 2.45) is 0 Å². The van der Waals surface area contributed by atoms with Crippen molar-refractivity contribution >= 4 is 43.6 Å². The Morgan fingerprint density at radius 3 is 2.42 bits per heavy atom. The molecular weight excluding hydrogens is 266 g/mol. The topological polar surface area (TPSA) is 0 Å². The average molecular weight is 270 g/mol. The van der Waals surface area contributed by atoms with Crippen LogP contribution in [0.5, 0.6) is 0 Å². The van der Waals surface area contributed by atoms with Crippen molar-refractivity contribution in [3.05, 3.63) is 40.1 Å². The molecule has 0 heterocycles. The highest BCUT2D eigenvalue weighted by atomic mass is 79.9. The fourth-order valence-corrected chi connectivity index (χ4v) is 2.01. The summed E-state index contributed by atoms with van der Waals surface area (Å²) in [5.74, 6) is -0.503. The number of rotatable bonds is 1. The van der Waals surface area contributed by atoms with Crippen molar-refractivity contribution in [2.75, 3.05) is 0 Å². The fourth-order valence-electron chi connectivity index (χ4n) is 0.776. The van der Waals surface area contributed by atoms with Gasteiger partial charge >= 0.3 is 0 Å². The van der Waals surface area contributed by atoms with E-state index in [1.54, 1.807) is 0 Å². The zero-order valence-corrected chi connectivity index (χ0v) is 8.97. The van der Waals surface area contributed by atoms with Crippen LogP contribution in [0.2, 0.25) is 10.0 Å². The molecule has 0 nitrogen and oxygen atoms in total. The molecule has 64 valence electrons. The number of hydrogen-bond acceptors (Lipinski definition) is 0. The Kier molecular flexibility index (Phi) is 3.16. The molecule has 0 unspecified atom stereocenters. The second-order valence-corrected chi connectivity index (χ2v) is 3.87. The minimum Gasteiger partial charge on any atom is -0.205 e. The van der Waals surface area contributed by atoms with Gasteiger partial charge < -0.3 is 0 Å². The Morgan fingerprint density at radius 1 is 1.42 bits per heavy atom. The molecule has 0 aliphatic rings. The summed E-state index contributed by atoms with van der Waals surface area (Å²) in [6, 6.07) is 2.65. The van der Waals surface area contributed by atoms with Gasteiger partial charge in [-0.2, -0.15) is 0 Å². The first-order valence-electron chi connectivity index (χ1n) is 3.02. The van der Waals surface area contributed by atoms with Gasteiger partial charge in [-0.05, 0) is 12.1 Å². The van der Waals surface area contributed by atoms with E-state index in [1.165, 1.54) is 12.1 Å². The Labute approximate surface area is 88.1 Å². The molecule has 1 aromatic carbocycles. The van der Waals surface area contributed by atoms with Crippen LogP contribution in [0.4, 0.5) is 4.39 Å². The molecule has 4 heteroatoms. The first-order chi connectivity index (χ1) is 5.54. The smallest absolute Gasteiger partial charge is 0.142 e. The Hall–Kier alpha value is -0.0500. The van der Waals surface area contributed by atoms with Crippen LogP contribution < -0.4 is 0 Å². The van der Waals surface area contributed by atoms with Gasteiger partial charge in [0.1, 0.15) is 5.82 Å². The molecular formula is C8H4BrCl2F. The zero-order chi connectivity index (χ0) is 9.30. The second-order valence-electron chi connectivity index (χ2n) is 2.12. The van der Waals surface area contributed by atoms with Crippen molar-refractivity contribution in [3.8, 4) is 0 Å². The minimum absolute atomic E-state index is 0.00984. The van der Waals surface area contributed by atoms with E-state index in [4.69, 9.17) is 23.2 Å². The van der Waals surface area contributed by atoms with Gasteiger partial charge in [0.05, 0.1) is 10.0 Å². The van der Waals surface area contributed by atoms with Gasteiger partial charge in [-0.1, -0.05) is 45.7 Å². The third-order valence-electron chi connectivity index (χ3n) is 1.32. The Balaban J connectivity index is 3.43. The summed E-state index contributed by atoms with van der Waals surface area (Å²) in [6.45, 7) is 3.57. The van der Waals surface area contributed by atoms with E-state index < -0.39 is 5.82 Å². The van der Waals surface area contributed by atoms with Crippen LogP contribution in [0.1, 0.15) is 5.56 Å². The number of hydrogen-bond donors (Lipinski definition) is 0. The van der Waals surface area contributed by atoms with Gasteiger partial charge in [-0.15, -0.1) is 0 Å². The van der Waals surface area contributed by atoms with Gasteiger partial charge in [0.25, 0.3) is 0 Å². The van der Waals surface area contributed by atoms with E-state index in [1.807, 2.05) is 0 Å². The molecule has 0 amide bonds. The molecule has 0 fully saturated rings. The maximum atomic E-state index is 12.9. The SMILES string of the molecule is C=C(Br)c1c(Cl)ccc(F)c1Cl. The zero-order valence-electron chi connectivity index (χ0n) is 5.87. The minimum atomic E-state index is -0.503. The van der Waals surface area contributed by atoms with Gasteiger partial charge in [-0.3, -0.25) is 0 Å². The molecule has 0 N–H and O–H groups in total. The Morgan fingerprint density at radius 2 is 2.00 bits per heavy atom. The highest BCUT2D eigenvalue weighted by Crippen LogP contribution is 2.34. The molecule has 0 radical (unpaired) electrons. The molecule has 0 aliphatic carbocycles. The van der Waals surface area contributed by atoms with E-state index in [-0.39, 0.29) is 5.02 Å². The lowest BCUT2D eigenvalue weighted by Gasteiger charge is -2.04. The molecule has 1 rings (SSSR count). The molecule has 12 heavy (non-hydrogen) atoms. The van der Waals surface area contributed by atoms with Gasteiger partial charge in [0.15, 0.2) is 0 Å². The van der Waals surface area contributed by atoms with E-state index in [0.29, 0.717) is 15.1 Å². The summed E-state index contributed by atoms with van der Waals surface area (Å²) >= 11 is 14.5. The summed E-state index contributed by atoms with van der Waals surface area (Å²) in [7, 11) is 0. The molecule has 0 aromatic heterocycles. The van der Waals surface area contributed by atoms with Crippen molar-refractivity contribution in [1.29, 1.82) is 0 Å². The first kappa shape index (κ1) is 10.0. The molecule has 0 saturated heterocycles. The molecule has 0 spiro atoms. The van der Waals surface area contributed by atoms with Crippen molar-refractivity contribution in [2.45, 2.75) is 0 Å². The molecule has 0 aliphatic heterocycles. The molecule has 1 aromatic rings. The average Bonchev–Trinajstić information content (AvgIpc) is 1.97. The highest BCUT2D eigenvalue weighted by Gasteiger charge is 2.11. The van der Waals surface area contributed by atoms with E-state index in [9.17, 15) is 4.39 Å². The standard InChI is InChI=1S/C8H4BrCl2F/c1-4(9)7-5(10)2-3-6(12)8(7)11/h2-3H,1H2. The summed E-state index contributed by atoms with van der Waals surface area (Å²) in [5, 5.41) is 0.368. The third kappa shape index (κ3) is 1.82. The van der Waals surface area contributed by atoms with Crippen LogP contribution in [-0.4, -0.2) is 0 Å². The first-order valence-corrected chi connectivity index (χ1v) is 4.57. The lowest BCUT2D eigenvalue weighted by atomic mass is 10.2. The van der Waals surface area contributed by atoms with Crippen LogP contribution >= 0.6 is 39.1 Å². The lowest BCUT2D eigenvalue weighted by Crippen LogP contribution is -1.85. The maximum absolute atomic E-state index is 12.9. The predicted octanol–water partition coefficient (Wildman–Crippen LogP) is 4.50. The van der Waals surface area contributed by atoms with Gasteiger partial charge in [0, 0.05) is 10.0 Å². The van der Waals surface area contributed by atoms with Crippen LogP contribution in [0.15, 0.2) is 18.7 Å². The second kappa shape index (κ2) is 3.77. The largest absolute Gasteiger partial charge is 0.205 e. The van der Waals surface area contributed by atoms with Crippen LogP contribution in [0, 0.1) is 5.82 Å². The van der Waals surface area contributed by atoms with Crippen LogP contribution in [-0.2, 0) is 0 Å². The van der Waals surface area contributed by atoms with Gasteiger partial charge in [0.2, 0.25) is 0 Å². The van der Waals surface area contributed by atoms with Crippen LogP contribution in [0.3, 0.4) is 0 Å². The van der Waals surface area contributed by atoms with E-state index in [0.717, 1.165) is 0 Å². The van der Waals surface area contributed by atoms with E-state index in [2.05, 4.69) is 22.5 Å². The highest BCUT2D eigenvalue weighted by molar-refractivity contribution is 9.15. The molecule has 0 atom stereocenters. The third-order valence-corrected chi connectivity index (χ3v) is 2.40. The lowest BCUT2D eigenvalue weighted by molar-refractivity contribution is 0.628. The summed E-state index contributed by atoms with van der Waals surface area (Å²) < 4.78 is 13.3. The molecule has 0 saturated carbocycles. The number of benzene rings is 1. The van der Waals surface area contributed by atoms with Crippen molar-refractivity contribution in [3.63, 3.8) is 0 Å². The fraction of sp³-hybridized carbons (Fsp3) is 0. The normalized spacial score (nSPS) is 10.0. The van der Waals surface area contributed by atoms with Crippen molar-refractivity contribution < 1.29 is 4.39 Å². The quantitative estimate of drug-likeness (QED) is 0.659. The summed E-state index contributed by atoms with van der Waals surface area (Å²) in [5.41, 5.74) is 0.401. The van der Waals surface area contributed by atoms with Gasteiger partial charge in [-0.25, -0.2) is 4.39 Å². The maximum Gasteiger partial charge on any atom is 0.142 e. The van der Waals surface area contributed by atoms with Crippen molar-refractivity contribution in [1.82, 2.24) is 0 Å². The summed E-state index contributed by atoms with van der Waals surface area (Å²) in [6.07, 6.45) is 0. The Bertz CT molecular complexity index is 336. The van der Waals surface area contributed by atoms with Crippen LogP contribution in [0.25, 0.3) is 4.48 Å². The molecule has 0 bridgehead atoms. The number of halogens is 4. The predicted molar refractivity (Wildman–Crippen MR) is 54.4 cm³/mol. The monoisotopic (exact) mass is 268 g/mol. The summed E-state index contributed by atoms with van der Waals surface area (Å²) in [4.78, 5) is 0. The van der Waals surface area contributed by atoms with E-state index >= 15 is 0 Å².